The Labute approximate surface area is 85.5 Å². The molecule has 0 atom stereocenters. The van der Waals surface area contributed by atoms with Gasteiger partial charge in [0.15, 0.2) is 5.15 Å². The van der Waals surface area contributed by atoms with E-state index in [1.165, 1.54) is 5.56 Å². The van der Waals surface area contributed by atoms with Gasteiger partial charge < -0.3 is 0 Å². The van der Waals surface area contributed by atoms with Crippen LogP contribution in [0.5, 0.6) is 0 Å². The number of halogens is 1. The average molecular weight is 211 g/mol. The fourth-order valence-electron chi connectivity index (χ4n) is 1.06. The highest BCUT2D eigenvalue weighted by molar-refractivity contribution is 6.99. The zero-order valence-electron chi connectivity index (χ0n) is 6.99. The van der Waals surface area contributed by atoms with Gasteiger partial charge in [-0.2, -0.15) is 8.75 Å². The van der Waals surface area contributed by atoms with Gasteiger partial charge in [-0.15, -0.1) is 0 Å². The van der Waals surface area contributed by atoms with Gasteiger partial charge in [0.25, 0.3) is 0 Å². The van der Waals surface area contributed by atoms with E-state index in [0.29, 0.717) is 5.15 Å². The second-order valence-electron chi connectivity index (χ2n) is 2.77. The summed E-state index contributed by atoms with van der Waals surface area (Å²) >= 11 is 6.98. The van der Waals surface area contributed by atoms with Crippen molar-refractivity contribution in [2.24, 2.45) is 0 Å². The summed E-state index contributed by atoms with van der Waals surface area (Å²) in [5.41, 5.74) is 3.01. The van der Waals surface area contributed by atoms with Gasteiger partial charge in [-0.05, 0) is 6.92 Å². The van der Waals surface area contributed by atoms with Crippen molar-refractivity contribution in [3.05, 3.63) is 35.0 Å². The highest BCUT2D eigenvalue weighted by atomic mass is 35.5. The van der Waals surface area contributed by atoms with Crippen molar-refractivity contribution in [2.45, 2.75) is 6.92 Å². The van der Waals surface area contributed by atoms with E-state index in [-0.39, 0.29) is 0 Å². The number of aromatic nitrogens is 2. The molecule has 0 saturated heterocycles. The Morgan fingerprint density at radius 1 is 1.15 bits per heavy atom. The molecular weight excluding hydrogens is 204 g/mol. The Hall–Kier alpha value is -0.930. The van der Waals surface area contributed by atoms with E-state index in [1.807, 2.05) is 31.2 Å². The molecule has 66 valence electrons. The zero-order valence-corrected chi connectivity index (χ0v) is 8.56. The van der Waals surface area contributed by atoms with E-state index in [2.05, 4.69) is 8.75 Å². The Morgan fingerprint density at radius 3 is 2.38 bits per heavy atom. The predicted molar refractivity (Wildman–Crippen MR) is 55.1 cm³/mol. The van der Waals surface area contributed by atoms with E-state index < -0.39 is 0 Å². The molecular formula is C9H7ClN2S. The van der Waals surface area contributed by atoms with Gasteiger partial charge in [-0.3, -0.25) is 0 Å². The minimum absolute atomic E-state index is 0.480. The summed E-state index contributed by atoms with van der Waals surface area (Å²) in [6, 6.07) is 8.06. The fraction of sp³-hybridized carbons (Fsp3) is 0.111. The van der Waals surface area contributed by atoms with Gasteiger partial charge in [0, 0.05) is 5.56 Å². The lowest BCUT2D eigenvalue weighted by molar-refractivity contribution is 1.44. The van der Waals surface area contributed by atoms with Crippen molar-refractivity contribution in [3.8, 4) is 11.3 Å². The Morgan fingerprint density at radius 2 is 1.85 bits per heavy atom. The second-order valence-corrected chi connectivity index (χ2v) is 3.66. The molecule has 4 heteroatoms. The topological polar surface area (TPSA) is 25.8 Å². The highest BCUT2D eigenvalue weighted by Gasteiger charge is 2.06. The standard InChI is InChI=1S/C9H7ClN2S/c1-6-2-4-7(5-3-6)8-9(10)12-13-11-8/h2-5H,1H3. The van der Waals surface area contributed by atoms with E-state index >= 15 is 0 Å². The van der Waals surface area contributed by atoms with Crippen molar-refractivity contribution in [1.29, 1.82) is 0 Å². The molecule has 0 amide bonds. The van der Waals surface area contributed by atoms with Crippen LogP contribution in [0, 0.1) is 6.92 Å². The first-order valence-corrected chi connectivity index (χ1v) is 4.93. The van der Waals surface area contributed by atoms with Gasteiger partial charge in [-0.1, -0.05) is 41.4 Å². The molecule has 0 unspecified atom stereocenters. The van der Waals surface area contributed by atoms with Crippen LogP contribution in [-0.4, -0.2) is 8.75 Å². The van der Waals surface area contributed by atoms with Gasteiger partial charge in [0.05, 0.1) is 11.7 Å². The van der Waals surface area contributed by atoms with Crippen molar-refractivity contribution in [2.75, 3.05) is 0 Å². The molecule has 0 aliphatic rings. The van der Waals surface area contributed by atoms with Crippen molar-refractivity contribution in [3.63, 3.8) is 0 Å². The summed E-state index contributed by atoms with van der Waals surface area (Å²) in [4.78, 5) is 0. The maximum atomic E-state index is 5.85. The third-order valence-electron chi connectivity index (χ3n) is 1.77. The van der Waals surface area contributed by atoms with Crippen LogP contribution in [0.3, 0.4) is 0 Å². The molecule has 0 aliphatic carbocycles. The molecule has 0 N–H and O–H groups in total. The van der Waals surface area contributed by atoms with Gasteiger partial charge in [0.1, 0.15) is 5.69 Å². The summed E-state index contributed by atoms with van der Waals surface area (Å²) in [7, 11) is 0. The van der Waals surface area contributed by atoms with Crippen LogP contribution in [0.4, 0.5) is 0 Å². The van der Waals surface area contributed by atoms with Crippen LogP contribution in [0.2, 0.25) is 5.15 Å². The van der Waals surface area contributed by atoms with Crippen molar-refractivity contribution in [1.82, 2.24) is 8.75 Å². The number of hydrogen-bond acceptors (Lipinski definition) is 3. The number of nitrogens with zero attached hydrogens (tertiary/aromatic N) is 2. The Balaban J connectivity index is 2.47. The molecule has 1 aromatic heterocycles. The van der Waals surface area contributed by atoms with E-state index in [0.717, 1.165) is 23.0 Å². The van der Waals surface area contributed by atoms with Crippen LogP contribution in [0.1, 0.15) is 5.56 Å². The van der Waals surface area contributed by atoms with Crippen LogP contribution >= 0.6 is 23.3 Å². The van der Waals surface area contributed by atoms with Crippen LogP contribution in [-0.2, 0) is 0 Å². The van der Waals surface area contributed by atoms with E-state index in [4.69, 9.17) is 11.6 Å². The Kier molecular flexibility index (Phi) is 2.29. The molecule has 0 saturated carbocycles. The summed E-state index contributed by atoms with van der Waals surface area (Å²) in [5.74, 6) is 0. The van der Waals surface area contributed by atoms with Gasteiger partial charge >= 0.3 is 0 Å². The number of hydrogen-bond donors (Lipinski definition) is 0. The molecule has 0 aliphatic heterocycles. The molecule has 13 heavy (non-hydrogen) atoms. The highest BCUT2D eigenvalue weighted by Crippen LogP contribution is 2.25. The lowest BCUT2D eigenvalue weighted by Gasteiger charge is -1.96. The minimum Gasteiger partial charge on any atom is -0.171 e. The smallest absolute Gasteiger partial charge is 0.170 e. The summed E-state index contributed by atoms with van der Waals surface area (Å²) in [5, 5.41) is 0.480. The number of aryl methyl sites for hydroxylation is 1. The number of benzene rings is 1. The lowest BCUT2D eigenvalue weighted by Crippen LogP contribution is -1.78. The quantitative estimate of drug-likeness (QED) is 0.723. The Bertz CT molecular complexity index is 408. The molecule has 0 spiro atoms. The predicted octanol–water partition coefficient (Wildman–Crippen LogP) is 3.17. The monoisotopic (exact) mass is 210 g/mol. The van der Waals surface area contributed by atoms with Crippen LogP contribution in [0.15, 0.2) is 24.3 Å². The SMILES string of the molecule is Cc1ccc(-c2nsnc2Cl)cc1. The molecule has 0 radical (unpaired) electrons. The third-order valence-corrected chi connectivity index (χ3v) is 2.67. The molecule has 2 nitrogen and oxygen atoms in total. The van der Waals surface area contributed by atoms with E-state index in [1.54, 1.807) is 0 Å². The maximum absolute atomic E-state index is 5.85. The second kappa shape index (κ2) is 3.44. The third kappa shape index (κ3) is 1.71. The van der Waals surface area contributed by atoms with E-state index in [9.17, 15) is 0 Å². The lowest BCUT2D eigenvalue weighted by atomic mass is 10.1. The minimum atomic E-state index is 0.480. The summed E-state index contributed by atoms with van der Waals surface area (Å²) in [6.07, 6.45) is 0. The molecule has 2 aromatic rings. The zero-order chi connectivity index (χ0) is 9.26. The van der Waals surface area contributed by atoms with Gasteiger partial charge in [-0.25, -0.2) is 0 Å². The average Bonchev–Trinajstić information content (AvgIpc) is 2.53. The normalized spacial score (nSPS) is 10.3. The van der Waals surface area contributed by atoms with Gasteiger partial charge in [0.2, 0.25) is 0 Å². The molecule has 1 aromatic carbocycles. The first kappa shape index (κ1) is 8.66. The maximum Gasteiger partial charge on any atom is 0.170 e. The fourth-order valence-corrected chi connectivity index (χ4v) is 1.83. The van der Waals surface area contributed by atoms with Crippen LogP contribution < -0.4 is 0 Å². The first-order valence-electron chi connectivity index (χ1n) is 3.82. The molecule has 0 bridgehead atoms. The molecule has 0 fully saturated rings. The largest absolute Gasteiger partial charge is 0.171 e. The van der Waals surface area contributed by atoms with Crippen molar-refractivity contribution < 1.29 is 0 Å². The summed E-state index contributed by atoms with van der Waals surface area (Å²) in [6.45, 7) is 2.05. The van der Waals surface area contributed by atoms with Crippen LogP contribution in [0.25, 0.3) is 11.3 Å². The molecule has 2 rings (SSSR count). The molecule has 1 heterocycles. The number of rotatable bonds is 1. The first-order chi connectivity index (χ1) is 6.27. The summed E-state index contributed by atoms with van der Waals surface area (Å²) < 4.78 is 8.03. The van der Waals surface area contributed by atoms with Crippen molar-refractivity contribution >= 4 is 23.3 Å².